The van der Waals surface area contributed by atoms with Gasteiger partial charge in [-0.05, 0) is 42.7 Å². The van der Waals surface area contributed by atoms with Crippen LogP contribution in [0.2, 0.25) is 0 Å². The lowest BCUT2D eigenvalue weighted by Crippen LogP contribution is -2.29. The molecule has 1 N–H and O–H groups in total. The molecule has 116 valence electrons. The molecule has 0 aliphatic heterocycles. The highest BCUT2D eigenvalue weighted by molar-refractivity contribution is 5.78. The number of ether oxygens (including phenoxy) is 1. The summed E-state index contributed by atoms with van der Waals surface area (Å²) >= 11 is 0. The summed E-state index contributed by atoms with van der Waals surface area (Å²) in [6.45, 7) is 4.85. The highest BCUT2D eigenvalue weighted by Crippen LogP contribution is 2.21. The Kier molecular flexibility index (Phi) is 5.53. The molecule has 0 spiro atoms. The van der Waals surface area contributed by atoms with E-state index in [1.54, 1.807) is 12.1 Å². The van der Waals surface area contributed by atoms with E-state index >= 15 is 0 Å². The maximum atomic E-state index is 12.8. The van der Waals surface area contributed by atoms with Crippen LogP contribution in [-0.4, -0.2) is 19.1 Å². The van der Waals surface area contributed by atoms with Crippen LogP contribution >= 0.6 is 0 Å². The van der Waals surface area contributed by atoms with Gasteiger partial charge in [-0.15, -0.1) is 0 Å². The second kappa shape index (κ2) is 7.59. The van der Waals surface area contributed by atoms with Crippen molar-refractivity contribution in [2.24, 2.45) is 0 Å². The van der Waals surface area contributed by atoms with E-state index in [2.05, 4.69) is 5.32 Å². The quantitative estimate of drug-likeness (QED) is 0.832. The predicted octanol–water partition coefficient (Wildman–Crippen LogP) is 3.18. The van der Waals surface area contributed by atoms with Gasteiger partial charge in [0.25, 0.3) is 0 Å². The van der Waals surface area contributed by atoms with Crippen LogP contribution in [0.3, 0.4) is 0 Å². The van der Waals surface area contributed by atoms with E-state index < -0.39 is 0 Å². The summed E-state index contributed by atoms with van der Waals surface area (Å²) in [6, 6.07) is 11.9. The molecule has 22 heavy (non-hydrogen) atoms. The van der Waals surface area contributed by atoms with Crippen LogP contribution in [0.5, 0.6) is 5.75 Å². The monoisotopic (exact) mass is 301 g/mol. The molecule has 4 heteroatoms. The van der Waals surface area contributed by atoms with Gasteiger partial charge >= 0.3 is 0 Å². The fourth-order valence-electron chi connectivity index (χ4n) is 2.22. The summed E-state index contributed by atoms with van der Waals surface area (Å²) in [4.78, 5) is 11.8. The van der Waals surface area contributed by atoms with Gasteiger partial charge in [0.05, 0.1) is 13.0 Å². The fourth-order valence-corrected chi connectivity index (χ4v) is 2.22. The molecule has 1 amide bonds. The largest absolute Gasteiger partial charge is 0.491 e. The van der Waals surface area contributed by atoms with E-state index in [0.717, 1.165) is 22.4 Å². The highest BCUT2D eigenvalue weighted by atomic mass is 19.1. The van der Waals surface area contributed by atoms with Crippen LogP contribution in [-0.2, 0) is 11.2 Å². The number of hydrogen-bond donors (Lipinski definition) is 1. The zero-order valence-electron chi connectivity index (χ0n) is 12.9. The second-order valence-electron chi connectivity index (χ2n) is 5.22. The van der Waals surface area contributed by atoms with E-state index in [1.165, 1.54) is 12.1 Å². The number of amides is 1. The molecule has 0 aliphatic carbocycles. The Balaban J connectivity index is 1.74. The first-order valence-electron chi connectivity index (χ1n) is 7.26. The molecule has 0 atom stereocenters. The Morgan fingerprint density at radius 1 is 1.09 bits per heavy atom. The zero-order valence-corrected chi connectivity index (χ0v) is 12.9. The average Bonchev–Trinajstić information content (AvgIpc) is 2.48. The highest BCUT2D eigenvalue weighted by Gasteiger charge is 2.05. The summed E-state index contributed by atoms with van der Waals surface area (Å²) < 4.78 is 18.5. The van der Waals surface area contributed by atoms with Crippen molar-refractivity contribution in [2.75, 3.05) is 13.2 Å². The average molecular weight is 301 g/mol. The first-order valence-corrected chi connectivity index (χ1v) is 7.26. The lowest BCUT2D eigenvalue weighted by Gasteiger charge is -2.12. The van der Waals surface area contributed by atoms with E-state index in [9.17, 15) is 9.18 Å². The van der Waals surface area contributed by atoms with Crippen molar-refractivity contribution in [3.8, 4) is 5.75 Å². The number of carbonyl (C=O) groups is 1. The fraction of sp³-hybridized carbons (Fsp3) is 0.278. The van der Waals surface area contributed by atoms with Gasteiger partial charge in [-0.3, -0.25) is 4.79 Å². The van der Waals surface area contributed by atoms with Gasteiger partial charge in [0, 0.05) is 0 Å². The van der Waals surface area contributed by atoms with Crippen molar-refractivity contribution in [1.82, 2.24) is 5.32 Å². The number of nitrogens with one attached hydrogen (secondary N) is 1. The van der Waals surface area contributed by atoms with Crippen molar-refractivity contribution in [2.45, 2.75) is 20.3 Å². The van der Waals surface area contributed by atoms with Gasteiger partial charge in [-0.1, -0.05) is 30.3 Å². The molecule has 0 aliphatic rings. The third-order valence-corrected chi connectivity index (χ3v) is 3.36. The molecule has 0 bridgehead atoms. The number of aryl methyl sites for hydroxylation is 2. The normalized spacial score (nSPS) is 10.3. The Labute approximate surface area is 130 Å². The molecule has 0 saturated carbocycles. The summed E-state index contributed by atoms with van der Waals surface area (Å²) in [5.74, 6) is 0.471. The number of benzene rings is 2. The maximum Gasteiger partial charge on any atom is 0.224 e. The Hall–Kier alpha value is -2.36. The molecule has 0 saturated heterocycles. The van der Waals surface area contributed by atoms with Crippen LogP contribution in [0.1, 0.15) is 16.7 Å². The van der Waals surface area contributed by atoms with Gasteiger partial charge in [-0.25, -0.2) is 4.39 Å². The van der Waals surface area contributed by atoms with Gasteiger partial charge in [0.2, 0.25) is 5.91 Å². The lowest BCUT2D eigenvalue weighted by molar-refractivity contribution is -0.120. The first-order chi connectivity index (χ1) is 10.6. The number of para-hydroxylation sites is 1. The topological polar surface area (TPSA) is 38.3 Å². The zero-order chi connectivity index (χ0) is 15.9. The summed E-state index contributed by atoms with van der Waals surface area (Å²) in [5, 5.41) is 2.80. The van der Waals surface area contributed by atoms with Gasteiger partial charge in [-0.2, -0.15) is 0 Å². The molecule has 0 unspecified atom stereocenters. The minimum Gasteiger partial charge on any atom is -0.491 e. The first kappa shape index (κ1) is 16.0. The molecular weight excluding hydrogens is 281 g/mol. The van der Waals surface area contributed by atoms with E-state index in [-0.39, 0.29) is 18.1 Å². The molecule has 0 aromatic heterocycles. The smallest absolute Gasteiger partial charge is 0.224 e. The number of rotatable bonds is 6. The second-order valence-corrected chi connectivity index (χ2v) is 5.22. The summed E-state index contributed by atoms with van der Waals surface area (Å²) in [7, 11) is 0. The third-order valence-electron chi connectivity index (χ3n) is 3.36. The number of carbonyl (C=O) groups excluding carboxylic acids is 1. The van der Waals surface area contributed by atoms with Crippen molar-refractivity contribution >= 4 is 5.91 Å². The van der Waals surface area contributed by atoms with Crippen molar-refractivity contribution < 1.29 is 13.9 Å². The molecular formula is C18H20FNO2. The molecule has 2 aromatic rings. The molecule has 2 rings (SSSR count). The Morgan fingerprint density at radius 2 is 1.73 bits per heavy atom. The maximum absolute atomic E-state index is 12.8. The SMILES string of the molecule is Cc1cccc(C)c1OCCNC(=O)Cc1ccc(F)cc1. The van der Waals surface area contributed by atoms with Crippen LogP contribution in [0.15, 0.2) is 42.5 Å². The molecule has 3 nitrogen and oxygen atoms in total. The summed E-state index contributed by atoms with van der Waals surface area (Å²) in [5.41, 5.74) is 2.95. The van der Waals surface area contributed by atoms with Crippen LogP contribution in [0.25, 0.3) is 0 Å². The molecule has 0 fully saturated rings. The Bertz CT molecular complexity index is 618. The standard InChI is InChI=1S/C18H20FNO2/c1-13-4-3-5-14(2)18(13)22-11-10-20-17(21)12-15-6-8-16(19)9-7-15/h3-9H,10-12H2,1-2H3,(H,20,21). The molecule has 0 heterocycles. The number of hydrogen-bond acceptors (Lipinski definition) is 2. The van der Waals surface area contributed by atoms with E-state index in [0.29, 0.717) is 13.2 Å². The van der Waals surface area contributed by atoms with Crippen molar-refractivity contribution in [3.63, 3.8) is 0 Å². The minimum atomic E-state index is -0.300. The summed E-state index contributed by atoms with van der Waals surface area (Å²) in [6.07, 6.45) is 0.240. The number of halogens is 1. The van der Waals surface area contributed by atoms with Crippen molar-refractivity contribution in [3.05, 3.63) is 65.0 Å². The minimum absolute atomic E-state index is 0.100. The van der Waals surface area contributed by atoms with Gasteiger partial charge < -0.3 is 10.1 Å². The van der Waals surface area contributed by atoms with E-state index in [4.69, 9.17) is 4.74 Å². The predicted molar refractivity (Wildman–Crippen MR) is 84.5 cm³/mol. The van der Waals surface area contributed by atoms with E-state index in [1.807, 2.05) is 32.0 Å². The van der Waals surface area contributed by atoms with Crippen LogP contribution in [0, 0.1) is 19.7 Å². The molecule has 2 aromatic carbocycles. The van der Waals surface area contributed by atoms with Crippen LogP contribution in [0.4, 0.5) is 4.39 Å². The Morgan fingerprint density at radius 3 is 2.36 bits per heavy atom. The third kappa shape index (κ3) is 4.58. The van der Waals surface area contributed by atoms with Gasteiger partial charge in [0.15, 0.2) is 0 Å². The van der Waals surface area contributed by atoms with Gasteiger partial charge in [0.1, 0.15) is 18.2 Å². The van der Waals surface area contributed by atoms with Crippen LogP contribution < -0.4 is 10.1 Å². The molecule has 0 radical (unpaired) electrons. The lowest BCUT2D eigenvalue weighted by atomic mass is 10.1. The van der Waals surface area contributed by atoms with Crippen molar-refractivity contribution in [1.29, 1.82) is 0 Å².